The fourth-order valence-electron chi connectivity index (χ4n) is 3.07. The van der Waals surface area contributed by atoms with Crippen molar-refractivity contribution in [2.75, 3.05) is 11.9 Å². The molecule has 32 heavy (non-hydrogen) atoms. The third-order valence-corrected chi connectivity index (χ3v) is 4.92. The van der Waals surface area contributed by atoms with Gasteiger partial charge in [-0.3, -0.25) is 9.59 Å². The Bertz CT molecular complexity index is 1130. The smallest absolute Gasteiger partial charge is 0.310 e. The molecule has 3 aromatic rings. The van der Waals surface area contributed by atoms with E-state index in [-0.39, 0.29) is 18.7 Å². The van der Waals surface area contributed by atoms with Gasteiger partial charge in [-0.05, 0) is 66.9 Å². The maximum Gasteiger partial charge on any atom is 0.310 e. The number of nitrogens with one attached hydrogen (secondary N) is 1. The SMILES string of the molecule is CCOC(=O)Cc1ccc(NC(=O)c2cc(OCc3cccc(Cl)c3)ccc2C)c(F)c1. The molecule has 166 valence electrons. The number of anilines is 1. The second-order valence-corrected chi connectivity index (χ2v) is 7.58. The second-order valence-electron chi connectivity index (χ2n) is 7.15. The van der Waals surface area contributed by atoms with Crippen LogP contribution >= 0.6 is 11.6 Å². The highest BCUT2D eigenvalue weighted by atomic mass is 35.5. The largest absolute Gasteiger partial charge is 0.489 e. The molecule has 0 unspecified atom stereocenters. The fraction of sp³-hybridized carbons (Fsp3) is 0.200. The fourth-order valence-corrected chi connectivity index (χ4v) is 3.28. The van der Waals surface area contributed by atoms with Gasteiger partial charge in [0.15, 0.2) is 0 Å². The molecule has 0 fully saturated rings. The number of esters is 1. The molecule has 0 aromatic heterocycles. The summed E-state index contributed by atoms with van der Waals surface area (Å²) in [5.41, 5.74) is 2.47. The van der Waals surface area contributed by atoms with Gasteiger partial charge in [0.2, 0.25) is 0 Å². The minimum atomic E-state index is -0.633. The van der Waals surface area contributed by atoms with Crippen molar-refractivity contribution in [3.05, 3.63) is 93.8 Å². The molecule has 0 aliphatic heterocycles. The Kier molecular flexibility index (Phi) is 7.84. The summed E-state index contributed by atoms with van der Waals surface area (Å²) in [5, 5.41) is 3.19. The minimum absolute atomic E-state index is 0.0206. The van der Waals surface area contributed by atoms with Crippen molar-refractivity contribution in [2.24, 2.45) is 0 Å². The molecule has 0 bridgehead atoms. The van der Waals surface area contributed by atoms with Gasteiger partial charge in [0, 0.05) is 10.6 Å². The van der Waals surface area contributed by atoms with Crippen LogP contribution in [0.3, 0.4) is 0 Å². The number of aryl methyl sites for hydroxylation is 1. The van der Waals surface area contributed by atoms with E-state index in [4.69, 9.17) is 21.1 Å². The molecule has 1 N–H and O–H groups in total. The first-order chi connectivity index (χ1) is 15.4. The molecule has 0 aliphatic rings. The van der Waals surface area contributed by atoms with E-state index in [1.165, 1.54) is 12.1 Å². The molecule has 3 aromatic carbocycles. The van der Waals surface area contributed by atoms with Crippen molar-refractivity contribution in [3.63, 3.8) is 0 Å². The third-order valence-electron chi connectivity index (χ3n) is 4.68. The number of hydrogen-bond acceptors (Lipinski definition) is 4. The van der Waals surface area contributed by atoms with Gasteiger partial charge < -0.3 is 14.8 Å². The van der Waals surface area contributed by atoms with E-state index in [2.05, 4.69) is 5.32 Å². The van der Waals surface area contributed by atoms with Crippen molar-refractivity contribution in [3.8, 4) is 5.75 Å². The first-order valence-electron chi connectivity index (χ1n) is 10.1. The molecular formula is C25H23ClFNO4. The lowest BCUT2D eigenvalue weighted by Crippen LogP contribution is -2.15. The summed E-state index contributed by atoms with van der Waals surface area (Å²) in [5.74, 6) is -1.03. The Morgan fingerprint density at radius 1 is 1.03 bits per heavy atom. The molecule has 0 saturated heterocycles. The molecule has 7 heteroatoms. The number of rotatable bonds is 8. The standard InChI is InChI=1S/C25H23ClFNO4/c1-3-31-24(29)13-17-8-10-23(22(27)12-17)28-25(30)21-14-20(9-7-16(21)2)32-15-18-5-4-6-19(26)11-18/h4-12,14H,3,13,15H2,1-2H3,(H,28,30). The number of halogens is 2. The van der Waals surface area contributed by atoms with Crippen molar-refractivity contribution in [1.29, 1.82) is 0 Å². The summed E-state index contributed by atoms with van der Waals surface area (Å²) in [7, 11) is 0. The monoisotopic (exact) mass is 455 g/mol. The molecule has 0 spiro atoms. The van der Waals surface area contributed by atoms with Gasteiger partial charge in [0.1, 0.15) is 18.2 Å². The van der Waals surface area contributed by atoms with Crippen molar-refractivity contribution in [1.82, 2.24) is 0 Å². The first-order valence-corrected chi connectivity index (χ1v) is 10.5. The zero-order valence-corrected chi connectivity index (χ0v) is 18.5. The summed E-state index contributed by atoms with van der Waals surface area (Å²) in [4.78, 5) is 24.3. The number of hydrogen-bond donors (Lipinski definition) is 1. The number of carbonyl (C=O) groups excluding carboxylic acids is 2. The predicted octanol–water partition coefficient (Wildman–Crippen LogP) is 5.72. The quantitative estimate of drug-likeness (QED) is 0.441. The predicted molar refractivity (Wildman–Crippen MR) is 122 cm³/mol. The normalized spacial score (nSPS) is 10.5. The maximum absolute atomic E-state index is 14.5. The Hall–Kier alpha value is -3.38. The maximum atomic E-state index is 14.5. The zero-order chi connectivity index (χ0) is 23.1. The Balaban J connectivity index is 1.69. The lowest BCUT2D eigenvalue weighted by molar-refractivity contribution is -0.142. The lowest BCUT2D eigenvalue weighted by atomic mass is 10.1. The van der Waals surface area contributed by atoms with Crippen LogP contribution in [0.2, 0.25) is 5.02 Å². The Morgan fingerprint density at radius 3 is 2.56 bits per heavy atom. The molecule has 0 saturated carbocycles. The Morgan fingerprint density at radius 2 is 1.84 bits per heavy atom. The van der Waals surface area contributed by atoms with Crippen LogP contribution in [-0.4, -0.2) is 18.5 Å². The van der Waals surface area contributed by atoms with Crippen LogP contribution in [0.4, 0.5) is 10.1 Å². The molecule has 0 aliphatic carbocycles. The zero-order valence-electron chi connectivity index (χ0n) is 17.8. The topological polar surface area (TPSA) is 64.6 Å². The van der Waals surface area contributed by atoms with Crippen LogP contribution in [0.25, 0.3) is 0 Å². The molecule has 0 radical (unpaired) electrons. The van der Waals surface area contributed by atoms with Crippen LogP contribution in [0.5, 0.6) is 5.75 Å². The lowest BCUT2D eigenvalue weighted by Gasteiger charge is -2.12. The van der Waals surface area contributed by atoms with E-state index in [9.17, 15) is 14.0 Å². The van der Waals surface area contributed by atoms with Gasteiger partial charge in [-0.2, -0.15) is 0 Å². The van der Waals surface area contributed by atoms with Gasteiger partial charge in [-0.1, -0.05) is 35.9 Å². The number of benzene rings is 3. The van der Waals surface area contributed by atoms with Gasteiger partial charge in [0.25, 0.3) is 5.91 Å². The van der Waals surface area contributed by atoms with Crippen LogP contribution in [0.1, 0.15) is 34.0 Å². The van der Waals surface area contributed by atoms with Crippen molar-refractivity contribution in [2.45, 2.75) is 26.9 Å². The van der Waals surface area contributed by atoms with Gasteiger partial charge >= 0.3 is 5.97 Å². The molecule has 5 nitrogen and oxygen atoms in total. The van der Waals surface area contributed by atoms with E-state index < -0.39 is 17.7 Å². The second kappa shape index (κ2) is 10.8. The van der Waals surface area contributed by atoms with Crippen molar-refractivity contribution >= 4 is 29.2 Å². The Labute approximate surface area is 191 Å². The van der Waals surface area contributed by atoms with Crippen LogP contribution in [0, 0.1) is 12.7 Å². The van der Waals surface area contributed by atoms with E-state index in [0.717, 1.165) is 11.1 Å². The molecule has 3 rings (SSSR count). The van der Waals surface area contributed by atoms with E-state index >= 15 is 0 Å². The van der Waals surface area contributed by atoms with Gasteiger partial charge in [0.05, 0.1) is 18.7 Å². The molecule has 0 heterocycles. The first kappa shape index (κ1) is 23.3. The highest BCUT2D eigenvalue weighted by Gasteiger charge is 2.14. The summed E-state index contributed by atoms with van der Waals surface area (Å²) < 4.78 is 25.1. The summed E-state index contributed by atoms with van der Waals surface area (Å²) >= 11 is 5.99. The van der Waals surface area contributed by atoms with Crippen LogP contribution < -0.4 is 10.1 Å². The highest BCUT2D eigenvalue weighted by Crippen LogP contribution is 2.22. The van der Waals surface area contributed by atoms with Crippen molar-refractivity contribution < 1.29 is 23.5 Å². The average Bonchev–Trinajstić information content (AvgIpc) is 2.75. The van der Waals surface area contributed by atoms with E-state index in [1.54, 1.807) is 50.2 Å². The number of carbonyl (C=O) groups is 2. The van der Waals surface area contributed by atoms with E-state index in [0.29, 0.717) is 28.5 Å². The van der Waals surface area contributed by atoms with Gasteiger partial charge in [-0.25, -0.2) is 4.39 Å². The van der Waals surface area contributed by atoms with E-state index in [1.807, 2.05) is 12.1 Å². The number of amides is 1. The minimum Gasteiger partial charge on any atom is -0.489 e. The highest BCUT2D eigenvalue weighted by molar-refractivity contribution is 6.30. The summed E-state index contributed by atoms with van der Waals surface area (Å²) in [6.07, 6.45) is -0.0376. The average molecular weight is 456 g/mol. The van der Waals surface area contributed by atoms with Gasteiger partial charge in [-0.15, -0.1) is 0 Å². The molecule has 1 amide bonds. The third kappa shape index (κ3) is 6.31. The summed E-state index contributed by atoms with van der Waals surface area (Å²) in [6, 6.07) is 16.7. The van der Waals surface area contributed by atoms with Crippen LogP contribution in [-0.2, 0) is 22.6 Å². The molecular weight excluding hydrogens is 433 g/mol. The summed E-state index contributed by atoms with van der Waals surface area (Å²) in [6.45, 7) is 4.04. The molecule has 0 atom stereocenters. The van der Waals surface area contributed by atoms with Crippen LogP contribution in [0.15, 0.2) is 60.7 Å². The number of ether oxygens (including phenoxy) is 2.